The highest BCUT2D eigenvalue weighted by atomic mass is 16.5. The highest BCUT2D eigenvalue weighted by molar-refractivity contribution is 5.61. The Morgan fingerprint density at radius 2 is 2.10 bits per heavy atom. The van der Waals surface area contributed by atoms with Crippen LogP contribution in [0.15, 0.2) is 29.0 Å². The smallest absolute Gasteiger partial charge is 0.181 e. The van der Waals surface area contributed by atoms with Gasteiger partial charge >= 0.3 is 0 Å². The van der Waals surface area contributed by atoms with Crippen LogP contribution in [0.2, 0.25) is 0 Å². The molecule has 3 rings (SSSR count). The molecule has 0 spiro atoms. The van der Waals surface area contributed by atoms with Gasteiger partial charge in [-0.15, -0.1) is 0 Å². The topological polar surface area (TPSA) is 47.3 Å². The number of benzene rings is 1. The molecular weight excluding hydrogens is 252 g/mol. The van der Waals surface area contributed by atoms with Crippen LogP contribution < -0.4 is 5.32 Å². The van der Waals surface area contributed by atoms with Crippen molar-refractivity contribution in [2.75, 3.05) is 6.54 Å². The molecule has 0 atom stereocenters. The molecule has 4 heteroatoms. The van der Waals surface area contributed by atoms with Crippen molar-refractivity contribution < 1.29 is 9.15 Å². The molecular formula is C16H20N2O2. The normalized spacial score (nSPS) is 13.9. The van der Waals surface area contributed by atoms with Crippen molar-refractivity contribution in [2.45, 2.75) is 33.6 Å². The molecule has 4 nitrogen and oxygen atoms in total. The van der Waals surface area contributed by atoms with E-state index in [2.05, 4.69) is 42.3 Å². The molecule has 1 aromatic heterocycles. The van der Waals surface area contributed by atoms with Gasteiger partial charge in [0.1, 0.15) is 5.69 Å². The van der Waals surface area contributed by atoms with E-state index >= 15 is 0 Å². The van der Waals surface area contributed by atoms with Crippen molar-refractivity contribution in [1.29, 1.82) is 0 Å². The average molecular weight is 272 g/mol. The van der Waals surface area contributed by atoms with Crippen molar-refractivity contribution in [1.82, 2.24) is 10.3 Å². The molecule has 1 N–H and O–H groups in total. The summed E-state index contributed by atoms with van der Waals surface area (Å²) in [5, 5.41) is 3.40. The number of rotatable bonds is 5. The summed E-state index contributed by atoms with van der Waals surface area (Å²) in [6.07, 6.45) is 1.52. The Morgan fingerprint density at radius 3 is 2.95 bits per heavy atom. The second-order valence-electron chi connectivity index (χ2n) is 5.63. The molecule has 1 aliphatic rings. The van der Waals surface area contributed by atoms with Crippen LogP contribution in [0.25, 0.3) is 11.3 Å². The molecule has 0 unspecified atom stereocenters. The summed E-state index contributed by atoms with van der Waals surface area (Å²) < 4.78 is 11.0. The number of hydrogen-bond acceptors (Lipinski definition) is 4. The third-order valence-corrected chi connectivity index (χ3v) is 3.47. The maximum Gasteiger partial charge on any atom is 0.181 e. The first-order valence-electron chi connectivity index (χ1n) is 7.07. The minimum atomic E-state index is 0.627. The Labute approximate surface area is 119 Å². The van der Waals surface area contributed by atoms with E-state index in [1.807, 2.05) is 0 Å². The minimum absolute atomic E-state index is 0.627. The van der Waals surface area contributed by atoms with E-state index in [4.69, 9.17) is 9.15 Å². The Bertz CT molecular complexity index is 590. The molecule has 1 aliphatic heterocycles. The van der Waals surface area contributed by atoms with Crippen molar-refractivity contribution in [2.24, 2.45) is 5.92 Å². The SMILES string of the molecule is CC(C)CNCc1ncoc1-c1ccc2c(c1)COC2. The maximum atomic E-state index is 5.58. The molecule has 0 radical (unpaired) electrons. The zero-order valence-corrected chi connectivity index (χ0v) is 12.0. The summed E-state index contributed by atoms with van der Waals surface area (Å²) in [6.45, 7) is 7.50. The number of ether oxygens (including phenoxy) is 1. The van der Waals surface area contributed by atoms with Gasteiger partial charge in [-0.25, -0.2) is 4.98 Å². The van der Waals surface area contributed by atoms with Gasteiger partial charge in [-0.2, -0.15) is 0 Å². The quantitative estimate of drug-likeness (QED) is 0.908. The van der Waals surface area contributed by atoms with Gasteiger partial charge in [0.2, 0.25) is 0 Å². The second-order valence-corrected chi connectivity index (χ2v) is 5.63. The van der Waals surface area contributed by atoms with Crippen molar-refractivity contribution in [3.8, 4) is 11.3 Å². The number of nitrogens with one attached hydrogen (secondary N) is 1. The van der Waals surface area contributed by atoms with E-state index < -0.39 is 0 Å². The van der Waals surface area contributed by atoms with Gasteiger partial charge in [-0.1, -0.05) is 26.0 Å². The van der Waals surface area contributed by atoms with Crippen LogP contribution in [0, 0.1) is 5.92 Å². The fourth-order valence-electron chi connectivity index (χ4n) is 2.42. The van der Waals surface area contributed by atoms with Gasteiger partial charge in [0, 0.05) is 12.1 Å². The van der Waals surface area contributed by atoms with Gasteiger partial charge in [0.25, 0.3) is 0 Å². The van der Waals surface area contributed by atoms with E-state index in [0.29, 0.717) is 12.5 Å². The summed E-state index contributed by atoms with van der Waals surface area (Å²) in [6, 6.07) is 6.35. The van der Waals surface area contributed by atoms with Gasteiger partial charge in [0.15, 0.2) is 12.2 Å². The van der Waals surface area contributed by atoms with Gasteiger partial charge < -0.3 is 14.5 Å². The predicted octanol–water partition coefficient (Wildman–Crippen LogP) is 3.12. The molecule has 2 heterocycles. The molecule has 0 bridgehead atoms. The fourth-order valence-corrected chi connectivity index (χ4v) is 2.42. The molecule has 20 heavy (non-hydrogen) atoms. The van der Waals surface area contributed by atoms with Crippen LogP contribution in [-0.2, 0) is 24.5 Å². The lowest BCUT2D eigenvalue weighted by atomic mass is 10.0. The molecule has 2 aromatic rings. The minimum Gasteiger partial charge on any atom is -0.443 e. The van der Waals surface area contributed by atoms with E-state index in [0.717, 1.165) is 36.7 Å². The largest absolute Gasteiger partial charge is 0.443 e. The first kappa shape index (κ1) is 13.3. The summed E-state index contributed by atoms with van der Waals surface area (Å²) in [4.78, 5) is 4.32. The van der Waals surface area contributed by atoms with Crippen LogP contribution in [0.5, 0.6) is 0 Å². The fraction of sp³-hybridized carbons (Fsp3) is 0.438. The van der Waals surface area contributed by atoms with Gasteiger partial charge in [0.05, 0.1) is 13.2 Å². The van der Waals surface area contributed by atoms with Gasteiger partial charge in [-0.05, 0) is 29.7 Å². The third kappa shape index (κ3) is 2.76. The van der Waals surface area contributed by atoms with Gasteiger partial charge in [-0.3, -0.25) is 0 Å². The van der Waals surface area contributed by atoms with E-state index in [-0.39, 0.29) is 0 Å². The molecule has 0 fully saturated rings. The summed E-state index contributed by atoms with van der Waals surface area (Å²) in [5.41, 5.74) is 4.56. The van der Waals surface area contributed by atoms with E-state index in [9.17, 15) is 0 Å². The lowest BCUT2D eigenvalue weighted by Crippen LogP contribution is -2.19. The first-order valence-corrected chi connectivity index (χ1v) is 7.07. The third-order valence-electron chi connectivity index (χ3n) is 3.47. The Hall–Kier alpha value is -1.65. The van der Waals surface area contributed by atoms with Crippen LogP contribution >= 0.6 is 0 Å². The lowest BCUT2D eigenvalue weighted by Gasteiger charge is -2.07. The lowest BCUT2D eigenvalue weighted by molar-refractivity contribution is 0.134. The monoisotopic (exact) mass is 272 g/mol. The Kier molecular flexibility index (Phi) is 3.85. The maximum absolute atomic E-state index is 5.58. The molecule has 0 amide bonds. The average Bonchev–Trinajstić information content (AvgIpc) is 3.05. The Morgan fingerprint density at radius 1 is 1.25 bits per heavy atom. The summed E-state index contributed by atoms with van der Waals surface area (Å²) in [7, 11) is 0. The molecule has 0 aliphatic carbocycles. The zero-order valence-electron chi connectivity index (χ0n) is 12.0. The summed E-state index contributed by atoms with van der Waals surface area (Å²) >= 11 is 0. The van der Waals surface area contributed by atoms with Crippen LogP contribution in [-0.4, -0.2) is 11.5 Å². The second kappa shape index (κ2) is 5.77. The van der Waals surface area contributed by atoms with Crippen molar-refractivity contribution >= 4 is 0 Å². The van der Waals surface area contributed by atoms with Crippen LogP contribution in [0.1, 0.15) is 30.7 Å². The molecule has 0 saturated carbocycles. The first-order chi connectivity index (χ1) is 9.74. The molecule has 1 aromatic carbocycles. The van der Waals surface area contributed by atoms with Crippen molar-refractivity contribution in [3.05, 3.63) is 41.4 Å². The molecule has 0 saturated heterocycles. The van der Waals surface area contributed by atoms with Crippen molar-refractivity contribution in [3.63, 3.8) is 0 Å². The summed E-state index contributed by atoms with van der Waals surface area (Å²) in [5.74, 6) is 1.48. The van der Waals surface area contributed by atoms with Crippen LogP contribution in [0.3, 0.4) is 0 Å². The molecule has 106 valence electrons. The number of fused-ring (bicyclic) bond motifs is 1. The zero-order chi connectivity index (χ0) is 13.9. The standard InChI is InChI=1S/C16H20N2O2/c1-11(2)6-17-7-15-16(20-10-18-15)12-3-4-13-8-19-9-14(13)5-12/h3-5,10-11,17H,6-9H2,1-2H3. The Balaban J connectivity index is 1.78. The predicted molar refractivity (Wildman–Crippen MR) is 77.0 cm³/mol. The van der Waals surface area contributed by atoms with Crippen LogP contribution in [0.4, 0.5) is 0 Å². The number of hydrogen-bond donors (Lipinski definition) is 1. The highest BCUT2D eigenvalue weighted by Gasteiger charge is 2.15. The highest BCUT2D eigenvalue weighted by Crippen LogP contribution is 2.28. The van der Waals surface area contributed by atoms with E-state index in [1.54, 1.807) is 0 Å². The number of aromatic nitrogens is 1. The van der Waals surface area contributed by atoms with E-state index in [1.165, 1.54) is 17.5 Å². The number of nitrogens with zero attached hydrogens (tertiary/aromatic N) is 1. The number of oxazole rings is 1.